The lowest BCUT2D eigenvalue weighted by Gasteiger charge is -2.02. The molecule has 0 saturated carbocycles. The first kappa shape index (κ1) is 12.5. The van der Waals surface area contributed by atoms with Crippen molar-refractivity contribution in [2.24, 2.45) is 0 Å². The Hall–Kier alpha value is -0.560. The van der Waals surface area contributed by atoms with Crippen molar-refractivity contribution in [2.75, 3.05) is 5.33 Å². The zero-order valence-electron chi connectivity index (χ0n) is 9.21. The fourth-order valence-electron chi connectivity index (χ4n) is 1.60. The molecular weight excluding hydrogens is 248 g/mol. The third-order valence-corrected chi connectivity index (χ3v) is 3.13. The van der Waals surface area contributed by atoms with Crippen LogP contribution >= 0.6 is 15.9 Å². The average molecular weight is 267 g/mol. The number of halogens is 1. The van der Waals surface area contributed by atoms with Crippen molar-refractivity contribution in [3.05, 3.63) is 42.0 Å². The summed E-state index contributed by atoms with van der Waals surface area (Å²) in [6.45, 7) is 3.75. The van der Waals surface area contributed by atoms with Crippen molar-refractivity contribution in [2.45, 2.75) is 32.1 Å². The van der Waals surface area contributed by atoms with Crippen molar-refractivity contribution in [3.8, 4) is 0 Å². The Morgan fingerprint density at radius 2 is 1.67 bits per heavy atom. The number of alkyl halides is 1. The van der Waals surface area contributed by atoms with E-state index < -0.39 is 0 Å². The van der Waals surface area contributed by atoms with Gasteiger partial charge < -0.3 is 0 Å². The fourth-order valence-corrected chi connectivity index (χ4v) is 1.99. The fraction of sp³-hybridized carbons (Fsp3) is 0.429. The van der Waals surface area contributed by atoms with Crippen molar-refractivity contribution in [1.82, 2.24) is 0 Å². The van der Waals surface area contributed by atoms with Crippen LogP contribution in [0.5, 0.6) is 0 Å². The van der Waals surface area contributed by atoms with E-state index in [4.69, 9.17) is 0 Å². The van der Waals surface area contributed by atoms with Crippen molar-refractivity contribution >= 4 is 22.0 Å². The van der Waals surface area contributed by atoms with E-state index >= 15 is 0 Å². The molecule has 0 fully saturated rings. The van der Waals surface area contributed by atoms with Crippen LogP contribution in [0.25, 0.3) is 6.08 Å². The van der Waals surface area contributed by atoms with Gasteiger partial charge in [0, 0.05) is 5.33 Å². The highest BCUT2D eigenvalue weighted by atomic mass is 79.9. The van der Waals surface area contributed by atoms with Gasteiger partial charge in [0.05, 0.1) is 0 Å². The Balaban J connectivity index is 2.22. The third-order valence-electron chi connectivity index (χ3n) is 2.56. The highest BCUT2D eigenvalue weighted by molar-refractivity contribution is 9.09. The molecule has 0 spiro atoms. The molecule has 0 aliphatic heterocycles. The molecule has 0 aromatic heterocycles. The number of hydrogen-bond donors (Lipinski definition) is 0. The molecule has 0 bridgehead atoms. The standard InChI is InChI=1S/C14H19Br/c1-2-13-8-10-14(11-9-13)7-5-3-4-6-12-15/h2,8-11H,1,3-7,12H2. The number of rotatable bonds is 7. The molecule has 0 unspecified atom stereocenters. The monoisotopic (exact) mass is 266 g/mol. The van der Waals surface area contributed by atoms with Gasteiger partial charge in [0.1, 0.15) is 0 Å². The Morgan fingerprint density at radius 3 is 2.27 bits per heavy atom. The summed E-state index contributed by atoms with van der Waals surface area (Å²) in [6, 6.07) is 8.70. The first-order valence-electron chi connectivity index (χ1n) is 5.64. The maximum Gasteiger partial charge on any atom is 0.00313 e. The van der Waals surface area contributed by atoms with Crippen LogP contribution in [0.3, 0.4) is 0 Å². The molecule has 0 atom stereocenters. The lowest BCUT2D eigenvalue weighted by atomic mass is 10.0. The van der Waals surface area contributed by atoms with Gasteiger partial charge in [-0.25, -0.2) is 0 Å². The van der Waals surface area contributed by atoms with E-state index in [1.165, 1.54) is 43.2 Å². The van der Waals surface area contributed by atoms with E-state index in [9.17, 15) is 0 Å². The van der Waals surface area contributed by atoms with E-state index in [2.05, 4.69) is 46.8 Å². The molecule has 0 nitrogen and oxygen atoms in total. The van der Waals surface area contributed by atoms with Gasteiger partial charge in [-0.2, -0.15) is 0 Å². The second-order valence-electron chi connectivity index (χ2n) is 3.80. The van der Waals surface area contributed by atoms with E-state index in [1.807, 2.05) is 6.08 Å². The molecule has 1 heteroatoms. The van der Waals surface area contributed by atoms with Gasteiger partial charge in [0.2, 0.25) is 0 Å². The minimum Gasteiger partial charge on any atom is -0.0985 e. The predicted octanol–water partition coefficient (Wildman–Crippen LogP) is 4.83. The first-order chi connectivity index (χ1) is 7.36. The normalized spacial score (nSPS) is 10.2. The quantitative estimate of drug-likeness (QED) is 0.490. The Morgan fingerprint density at radius 1 is 1.00 bits per heavy atom. The number of unbranched alkanes of at least 4 members (excludes halogenated alkanes) is 3. The van der Waals surface area contributed by atoms with Crippen LogP contribution in [0.4, 0.5) is 0 Å². The summed E-state index contributed by atoms with van der Waals surface area (Å²) in [4.78, 5) is 0. The average Bonchev–Trinajstić information content (AvgIpc) is 2.30. The van der Waals surface area contributed by atoms with Crippen molar-refractivity contribution in [1.29, 1.82) is 0 Å². The largest absolute Gasteiger partial charge is 0.0985 e. The molecule has 0 heterocycles. The summed E-state index contributed by atoms with van der Waals surface area (Å²) >= 11 is 3.45. The van der Waals surface area contributed by atoms with Crippen LogP contribution in [0.2, 0.25) is 0 Å². The summed E-state index contributed by atoms with van der Waals surface area (Å²) < 4.78 is 0. The first-order valence-corrected chi connectivity index (χ1v) is 6.76. The third kappa shape index (κ3) is 5.17. The van der Waals surface area contributed by atoms with E-state index in [-0.39, 0.29) is 0 Å². The molecule has 1 aromatic rings. The Labute approximate surface area is 102 Å². The summed E-state index contributed by atoms with van der Waals surface area (Å²) in [5.74, 6) is 0. The van der Waals surface area contributed by atoms with Gasteiger partial charge in [-0.3, -0.25) is 0 Å². The van der Waals surface area contributed by atoms with Crippen LogP contribution in [-0.2, 0) is 6.42 Å². The van der Waals surface area contributed by atoms with E-state index in [1.54, 1.807) is 0 Å². The summed E-state index contributed by atoms with van der Waals surface area (Å²) in [5.41, 5.74) is 2.65. The van der Waals surface area contributed by atoms with Crippen LogP contribution in [0.15, 0.2) is 30.8 Å². The lowest BCUT2D eigenvalue weighted by molar-refractivity contribution is 0.671. The summed E-state index contributed by atoms with van der Waals surface area (Å²) in [6.07, 6.45) is 8.39. The molecule has 1 aromatic carbocycles. The molecular formula is C14H19Br. The Bertz CT molecular complexity index is 274. The van der Waals surface area contributed by atoms with Gasteiger partial charge in [-0.1, -0.05) is 65.7 Å². The topological polar surface area (TPSA) is 0 Å². The lowest BCUT2D eigenvalue weighted by Crippen LogP contribution is -1.86. The summed E-state index contributed by atoms with van der Waals surface area (Å²) in [7, 11) is 0. The van der Waals surface area contributed by atoms with E-state index in [0.29, 0.717) is 0 Å². The van der Waals surface area contributed by atoms with Gasteiger partial charge >= 0.3 is 0 Å². The molecule has 0 radical (unpaired) electrons. The van der Waals surface area contributed by atoms with Crippen LogP contribution in [-0.4, -0.2) is 5.33 Å². The molecule has 0 saturated heterocycles. The van der Waals surface area contributed by atoms with Gasteiger partial charge in [0.25, 0.3) is 0 Å². The number of aryl methyl sites for hydroxylation is 1. The van der Waals surface area contributed by atoms with Crippen molar-refractivity contribution in [3.63, 3.8) is 0 Å². The van der Waals surface area contributed by atoms with Crippen molar-refractivity contribution < 1.29 is 0 Å². The molecule has 0 amide bonds. The molecule has 0 N–H and O–H groups in total. The van der Waals surface area contributed by atoms with Crippen LogP contribution in [0, 0.1) is 0 Å². The second-order valence-corrected chi connectivity index (χ2v) is 4.59. The highest BCUT2D eigenvalue weighted by Gasteiger charge is 1.93. The molecule has 82 valence electrons. The Kier molecular flexibility index (Phi) is 6.42. The van der Waals surface area contributed by atoms with Crippen LogP contribution in [0.1, 0.15) is 36.8 Å². The molecule has 15 heavy (non-hydrogen) atoms. The van der Waals surface area contributed by atoms with E-state index in [0.717, 1.165) is 5.33 Å². The number of hydrogen-bond acceptors (Lipinski definition) is 0. The minimum atomic E-state index is 1.14. The molecule has 0 aliphatic rings. The highest BCUT2D eigenvalue weighted by Crippen LogP contribution is 2.10. The van der Waals surface area contributed by atoms with Gasteiger partial charge in [-0.15, -0.1) is 0 Å². The molecule has 0 aliphatic carbocycles. The number of benzene rings is 1. The maximum absolute atomic E-state index is 3.75. The smallest absolute Gasteiger partial charge is 0.00313 e. The zero-order valence-corrected chi connectivity index (χ0v) is 10.8. The maximum atomic E-state index is 3.75. The zero-order chi connectivity index (χ0) is 10.9. The minimum absolute atomic E-state index is 1.14. The summed E-state index contributed by atoms with van der Waals surface area (Å²) in [5, 5.41) is 1.14. The predicted molar refractivity (Wildman–Crippen MR) is 72.5 cm³/mol. The molecule has 1 rings (SSSR count). The SMILES string of the molecule is C=Cc1ccc(CCCCCCBr)cc1. The second kappa shape index (κ2) is 7.70. The van der Waals surface area contributed by atoms with Crippen LogP contribution < -0.4 is 0 Å². The van der Waals surface area contributed by atoms with Gasteiger partial charge in [0.15, 0.2) is 0 Å². The van der Waals surface area contributed by atoms with Gasteiger partial charge in [-0.05, 0) is 30.4 Å².